The fourth-order valence-electron chi connectivity index (χ4n) is 2.57. The van der Waals surface area contributed by atoms with Gasteiger partial charge in [0, 0.05) is 9.27 Å². The monoisotopic (exact) mass is 445 g/mol. The van der Waals surface area contributed by atoms with Gasteiger partial charge in [-0.2, -0.15) is 0 Å². The lowest BCUT2D eigenvalue weighted by atomic mass is 9.71. The number of allylic oxidation sites excluding steroid dienone is 2. The van der Waals surface area contributed by atoms with Gasteiger partial charge in [0.05, 0.1) is 10.9 Å². The van der Waals surface area contributed by atoms with Crippen LogP contribution < -0.4 is 5.32 Å². The molecule has 6 heteroatoms. The average Bonchev–Trinajstić information content (AvgIpc) is 2.48. The van der Waals surface area contributed by atoms with Crippen LogP contribution in [-0.2, 0) is 4.79 Å². The van der Waals surface area contributed by atoms with Gasteiger partial charge >= 0.3 is 5.97 Å². The largest absolute Gasteiger partial charge is 0.481 e. The van der Waals surface area contributed by atoms with Gasteiger partial charge in [0.2, 0.25) is 0 Å². The fourth-order valence-corrected chi connectivity index (χ4v) is 3.68. The Labute approximate surface area is 153 Å². The molecule has 1 aliphatic carbocycles. The molecule has 0 bridgehead atoms. The van der Waals surface area contributed by atoms with Crippen LogP contribution in [0.4, 0.5) is 0 Å². The minimum Gasteiger partial charge on any atom is -0.481 e. The van der Waals surface area contributed by atoms with E-state index in [-0.39, 0.29) is 11.8 Å². The van der Waals surface area contributed by atoms with Crippen molar-refractivity contribution in [1.82, 2.24) is 5.32 Å². The molecule has 0 radical (unpaired) electrons. The highest BCUT2D eigenvalue weighted by molar-refractivity contribution is 14.1. The first kappa shape index (κ1) is 18.0. The number of benzene rings is 1. The van der Waals surface area contributed by atoms with Crippen molar-refractivity contribution in [2.75, 3.05) is 0 Å². The van der Waals surface area contributed by atoms with Crippen LogP contribution in [0.5, 0.6) is 0 Å². The summed E-state index contributed by atoms with van der Waals surface area (Å²) in [6, 6.07) is 7.20. The zero-order valence-electron chi connectivity index (χ0n) is 12.7. The van der Waals surface area contributed by atoms with E-state index in [4.69, 9.17) is 11.6 Å². The number of carboxylic acid groups (broad SMARTS) is 1. The second-order valence-electron chi connectivity index (χ2n) is 5.69. The number of rotatable bonds is 4. The molecule has 2 atom stereocenters. The van der Waals surface area contributed by atoms with Gasteiger partial charge in [-0.25, -0.2) is 0 Å². The number of carbonyl (C=O) groups is 2. The van der Waals surface area contributed by atoms with E-state index in [1.165, 1.54) is 0 Å². The Kier molecular flexibility index (Phi) is 5.52. The molecular formula is C17H17ClINO3. The SMILES string of the molecule is CC(C)C1(C(=O)O)C=C(NC(=O)c2ccccc2I)C=CC1Cl. The van der Waals surface area contributed by atoms with Gasteiger partial charge in [0.1, 0.15) is 5.41 Å². The Morgan fingerprint density at radius 1 is 1.35 bits per heavy atom. The third-order valence-corrected chi connectivity index (χ3v) is 5.44. The number of hydrogen-bond acceptors (Lipinski definition) is 2. The topological polar surface area (TPSA) is 66.4 Å². The van der Waals surface area contributed by atoms with Crippen molar-refractivity contribution < 1.29 is 14.7 Å². The molecule has 0 spiro atoms. The minimum absolute atomic E-state index is 0.226. The maximum absolute atomic E-state index is 12.4. The van der Waals surface area contributed by atoms with Crippen molar-refractivity contribution in [3.8, 4) is 0 Å². The van der Waals surface area contributed by atoms with E-state index < -0.39 is 16.8 Å². The van der Waals surface area contributed by atoms with Crippen LogP contribution in [-0.4, -0.2) is 22.4 Å². The highest BCUT2D eigenvalue weighted by Gasteiger charge is 2.47. The molecule has 2 unspecified atom stereocenters. The standard InChI is InChI=1S/C17H17ClINO3/c1-10(2)17(16(22)23)9-11(7-8-14(17)18)20-15(21)12-5-3-4-6-13(12)19/h3-10,14H,1-2H3,(H,20,21)(H,22,23). The summed E-state index contributed by atoms with van der Waals surface area (Å²) in [5.74, 6) is -1.50. The fraction of sp³-hybridized carbons (Fsp3) is 0.294. The maximum Gasteiger partial charge on any atom is 0.315 e. The van der Waals surface area contributed by atoms with E-state index in [0.717, 1.165) is 3.57 Å². The molecular weight excluding hydrogens is 429 g/mol. The van der Waals surface area contributed by atoms with Crippen LogP contribution in [0.2, 0.25) is 0 Å². The van der Waals surface area contributed by atoms with Crippen LogP contribution in [0.25, 0.3) is 0 Å². The third kappa shape index (κ3) is 3.45. The summed E-state index contributed by atoms with van der Waals surface area (Å²) in [5, 5.41) is 11.8. The summed E-state index contributed by atoms with van der Waals surface area (Å²) in [6.07, 6.45) is 4.81. The Morgan fingerprint density at radius 2 is 2.00 bits per heavy atom. The molecule has 0 heterocycles. The third-order valence-electron chi connectivity index (χ3n) is 4.00. The number of aliphatic carboxylic acids is 1. The van der Waals surface area contributed by atoms with Crippen molar-refractivity contribution in [2.45, 2.75) is 19.2 Å². The molecule has 1 aromatic rings. The number of carboxylic acids is 1. The molecule has 122 valence electrons. The molecule has 23 heavy (non-hydrogen) atoms. The van der Waals surface area contributed by atoms with Gasteiger partial charge in [0.15, 0.2) is 0 Å². The van der Waals surface area contributed by atoms with E-state index >= 15 is 0 Å². The van der Waals surface area contributed by atoms with Gasteiger partial charge in [-0.1, -0.05) is 32.1 Å². The second kappa shape index (κ2) is 7.05. The maximum atomic E-state index is 12.4. The number of carbonyl (C=O) groups excluding carboxylic acids is 1. The molecule has 1 aliphatic rings. The van der Waals surface area contributed by atoms with Crippen LogP contribution in [0.15, 0.2) is 48.2 Å². The quantitative estimate of drug-likeness (QED) is 0.547. The Hall–Kier alpha value is -1.34. The second-order valence-corrected chi connectivity index (χ2v) is 7.32. The van der Waals surface area contributed by atoms with Crippen LogP contribution in [0.3, 0.4) is 0 Å². The van der Waals surface area contributed by atoms with Crippen molar-refractivity contribution >= 4 is 46.1 Å². The highest BCUT2D eigenvalue weighted by Crippen LogP contribution is 2.41. The molecule has 0 aliphatic heterocycles. The lowest BCUT2D eigenvalue weighted by Crippen LogP contribution is -2.44. The van der Waals surface area contributed by atoms with Gasteiger partial charge in [-0.15, -0.1) is 11.6 Å². The van der Waals surface area contributed by atoms with E-state index in [9.17, 15) is 14.7 Å². The van der Waals surface area contributed by atoms with Gasteiger partial charge in [-0.05, 0) is 52.8 Å². The first-order valence-electron chi connectivity index (χ1n) is 7.13. The number of halogens is 2. The Bertz CT molecular complexity index is 699. The van der Waals surface area contributed by atoms with Crippen molar-refractivity contribution in [3.05, 3.63) is 57.3 Å². The summed E-state index contributed by atoms with van der Waals surface area (Å²) in [6.45, 7) is 3.61. The molecule has 1 amide bonds. The van der Waals surface area contributed by atoms with Crippen LogP contribution in [0.1, 0.15) is 24.2 Å². The Balaban J connectivity index is 2.33. The van der Waals surface area contributed by atoms with Crippen LogP contribution >= 0.6 is 34.2 Å². The predicted molar refractivity (Wildman–Crippen MR) is 98.4 cm³/mol. The average molecular weight is 446 g/mol. The summed E-state index contributed by atoms with van der Waals surface area (Å²) in [5.41, 5.74) is -0.258. The van der Waals surface area contributed by atoms with Gasteiger partial charge in [0.25, 0.3) is 5.91 Å². The van der Waals surface area contributed by atoms with E-state index in [1.54, 1.807) is 44.2 Å². The molecule has 2 rings (SSSR count). The number of nitrogens with one attached hydrogen (secondary N) is 1. The lowest BCUT2D eigenvalue weighted by Gasteiger charge is -2.36. The van der Waals surface area contributed by atoms with Crippen molar-refractivity contribution in [2.24, 2.45) is 11.3 Å². The number of hydrogen-bond donors (Lipinski definition) is 2. The summed E-state index contributed by atoms with van der Waals surface area (Å²) in [4.78, 5) is 24.2. The lowest BCUT2D eigenvalue weighted by molar-refractivity contribution is -0.148. The smallest absolute Gasteiger partial charge is 0.315 e. The van der Waals surface area contributed by atoms with E-state index in [1.807, 2.05) is 12.1 Å². The zero-order chi connectivity index (χ0) is 17.2. The first-order valence-corrected chi connectivity index (χ1v) is 8.65. The molecule has 4 nitrogen and oxygen atoms in total. The Morgan fingerprint density at radius 3 is 2.57 bits per heavy atom. The normalized spacial score (nSPS) is 23.5. The molecule has 0 aromatic heterocycles. The summed E-state index contributed by atoms with van der Waals surface area (Å²) in [7, 11) is 0. The molecule has 0 fully saturated rings. The summed E-state index contributed by atoms with van der Waals surface area (Å²) >= 11 is 8.34. The molecule has 0 saturated carbocycles. The molecule has 0 saturated heterocycles. The zero-order valence-corrected chi connectivity index (χ0v) is 15.6. The molecule has 1 aromatic carbocycles. The van der Waals surface area contributed by atoms with Crippen molar-refractivity contribution in [1.29, 1.82) is 0 Å². The van der Waals surface area contributed by atoms with Gasteiger partial charge < -0.3 is 10.4 Å². The van der Waals surface area contributed by atoms with Crippen molar-refractivity contribution in [3.63, 3.8) is 0 Å². The van der Waals surface area contributed by atoms with E-state index in [0.29, 0.717) is 11.3 Å². The number of alkyl halides is 1. The van der Waals surface area contributed by atoms with Gasteiger partial charge in [-0.3, -0.25) is 9.59 Å². The molecule has 2 N–H and O–H groups in total. The first-order chi connectivity index (χ1) is 10.8. The van der Waals surface area contributed by atoms with E-state index in [2.05, 4.69) is 27.9 Å². The van der Waals surface area contributed by atoms with Crippen LogP contribution in [0, 0.1) is 14.9 Å². The number of amides is 1. The predicted octanol–water partition coefficient (Wildman–Crippen LogP) is 3.81. The summed E-state index contributed by atoms with van der Waals surface area (Å²) < 4.78 is 0.826. The minimum atomic E-state index is -1.25. The highest BCUT2D eigenvalue weighted by atomic mass is 127.